The van der Waals surface area contributed by atoms with Crippen LogP contribution in [0.2, 0.25) is 0 Å². The van der Waals surface area contributed by atoms with Crippen LogP contribution in [0.3, 0.4) is 0 Å². The molecule has 1 aromatic rings. The van der Waals surface area contributed by atoms with Gasteiger partial charge < -0.3 is 9.64 Å². The van der Waals surface area contributed by atoms with E-state index in [9.17, 15) is 8.42 Å². The first-order chi connectivity index (χ1) is 12.0. The molecule has 0 saturated carbocycles. The SMILES string of the molecule is C=CC(=C)CCOc1ccc(C2=NC=CN3CCS(=O)(=O)C=C23)cc1. The fraction of sp³-hybridized carbons (Fsp3) is 0.211. The van der Waals surface area contributed by atoms with Gasteiger partial charge in [0, 0.05) is 30.9 Å². The van der Waals surface area contributed by atoms with Crippen LogP contribution in [0, 0.1) is 0 Å². The molecule has 0 bridgehead atoms. The number of allylic oxidation sites excluding steroid dienone is 2. The monoisotopic (exact) mass is 356 g/mol. The zero-order chi connectivity index (χ0) is 17.9. The van der Waals surface area contributed by atoms with Crippen molar-refractivity contribution in [1.82, 2.24) is 4.90 Å². The lowest BCUT2D eigenvalue weighted by molar-refractivity contribution is 0.323. The smallest absolute Gasteiger partial charge is 0.175 e. The first kappa shape index (κ1) is 17.2. The Morgan fingerprint density at radius 1 is 1.32 bits per heavy atom. The third kappa shape index (κ3) is 4.09. The van der Waals surface area contributed by atoms with Crippen LogP contribution in [0.4, 0.5) is 0 Å². The molecule has 0 aliphatic carbocycles. The maximum absolute atomic E-state index is 11.9. The van der Waals surface area contributed by atoms with Crippen molar-refractivity contribution in [3.8, 4) is 5.75 Å². The van der Waals surface area contributed by atoms with Gasteiger partial charge in [0.2, 0.25) is 0 Å². The van der Waals surface area contributed by atoms with Crippen molar-refractivity contribution in [1.29, 1.82) is 0 Å². The van der Waals surface area contributed by atoms with Crippen molar-refractivity contribution in [3.63, 3.8) is 0 Å². The molecule has 25 heavy (non-hydrogen) atoms. The highest BCUT2D eigenvalue weighted by molar-refractivity contribution is 7.94. The van der Waals surface area contributed by atoms with Crippen LogP contribution in [-0.4, -0.2) is 37.9 Å². The lowest BCUT2D eigenvalue weighted by atomic mass is 10.1. The van der Waals surface area contributed by atoms with Crippen LogP contribution < -0.4 is 4.74 Å². The third-order valence-corrected chi connectivity index (χ3v) is 5.35. The highest BCUT2D eigenvalue weighted by atomic mass is 32.2. The first-order valence-corrected chi connectivity index (χ1v) is 9.69. The van der Waals surface area contributed by atoms with E-state index in [0.29, 0.717) is 24.6 Å². The maximum Gasteiger partial charge on any atom is 0.175 e. The normalized spacial score (nSPS) is 18.0. The fourth-order valence-electron chi connectivity index (χ4n) is 2.58. The van der Waals surface area contributed by atoms with E-state index >= 15 is 0 Å². The Morgan fingerprint density at radius 2 is 2.08 bits per heavy atom. The summed E-state index contributed by atoms with van der Waals surface area (Å²) in [5.41, 5.74) is 3.05. The molecule has 130 valence electrons. The summed E-state index contributed by atoms with van der Waals surface area (Å²) in [6.07, 6.45) is 5.94. The lowest BCUT2D eigenvalue weighted by Crippen LogP contribution is -2.34. The van der Waals surface area contributed by atoms with Crippen molar-refractivity contribution < 1.29 is 13.2 Å². The molecule has 2 aliphatic heterocycles. The lowest BCUT2D eigenvalue weighted by Gasteiger charge is -2.29. The van der Waals surface area contributed by atoms with Gasteiger partial charge in [-0.3, -0.25) is 4.99 Å². The predicted octanol–water partition coefficient (Wildman–Crippen LogP) is 3.04. The molecule has 1 aromatic carbocycles. The maximum atomic E-state index is 11.9. The molecule has 2 heterocycles. The van der Waals surface area contributed by atoms with Crippen LogP contribution in [0.1, 0.15) is 12.0 Å². The fourth-order valence-corrected chi connectivity index (χ4v) is 3.73. The zero-order valence-corrected chi connectivity index (χ0v) is 14.7. The molecule has 0 fully saturated rings. The van der Waals surface area contributed by atoms with Gasteiger partial charge in [0.1, 0.15) is 5.75 Å². The molecule has 0 atom stereocenters. The van der Waals surface area contributed by atoms with Crippen LogP contribution in [0.5, 0.6) is 5.75 Å². The van der Waals surface area contributed by atoms with Gasteiger partial charge in [-0.1, -0.05) is 24.8 Å². The van der Waals surface area contributed by atoms with Gasteiger partial charge in [-0.2, -0.15) is 0 Å². The van der Waals surface area contributed by atoms with Crippen LogP contribution in [-0.2, 0) is 9.84 Å². The summed E-state index contributed by atoms with van der Waals surface area (Å²) >= 11 is 0. The number of aliphatic imine (C=N–C) groups is 1. The van der Waals surface area contributed by atoms with E-state index in [-0.39, 0.29) is 5.75 Å². The van der Waals surface area contributed by atoms with Gasteiger partial charge in [0.25, 0.3) is 0 Å². The molecule has 5 nitrogen and oxygen atoms in total. The van der Waals surface area contributed by atoms with Gasteiger partial charge in [0.15, 0.2) is 9.84 Å². The van der Waals surface area contributed by atoms with Crippen LogP contribution >= 0.6 is 0 Å². The molecule has 0 unspecified atom stereocenters. The second kappa shape index (κ2) is 7.11. The van der Waals surface area contributed by atoms with E-state index in [4.69, 9.17) is 4.74 Å². The van der Waals surface area contributed by atoms with Crippen molar-refractivity contribution in [2.75, 3.05) is 18.9 Å². The van der Waals surface area contributed by atoms with E-state index in [1.807, 2.05) is 29.2 Å². The Labute approximate surface area is 148 Å². The number of hydrogen-bond donors (Lipinski definition) is 0. The van der Waals surface area contributed by atoms with Gasteiger partial charge in [-0.05, 0) is 24.3 Å². The Bertz CT molecular complexity index is 878. The van der Waals surface area contributed by atoms with Crippen molar-refractivity contribution in [2.24, 2.45) is 4.99 Å². The molecule has 0 saturated heterocycles. The van der Waals surface area contributed by atoms with E-state index in [2.05, 4.69) is 18.2 Å². The van der Waals surface area contributed by atoms with Gasteiger partial charge in [-0.15, -0.1) is 0 Å². The average Bonchev–Trinajstić information content (AvgIpc) is 2.61. The summed E-state index contributed by atoms with van der Waals surface area (Å²) in [6.45, 7) is 8.49. The number of ether oxygens (including phenoxy) is 1. The summed E-state index contributed by atoms with van der Waals surface area (Å²) in [6, 6.07) is 7.48. The highest BCUT2D eigenvalue weighted by Gasteiger charge is 2.26. The van der Waals surface area contributed by atoms with Crippen molar-refractivity contribution in [2.45, 2.75) is 6.42 Å². The number of rotatable bonds is 6. The van der Waals surface area contributed by atoms with E-state index in [1.165, 1.54) is 5.41 Å². The van der Waals surface area contributed by atoms with Crippen molar-refractivity contribution >= 4 is 15.5 Å². The number of nitrogens with zero attached hydrogens (tertiary/aromatic N) is 2. The molecule has 3 rings (SSSR count). The average molecular weight is 356 g/mol. The van der Waals surface area contributed by atoms with Crippen LogP contribution in [0.25, 0.3) is 0 Å². The minimum absolute atomic E-state index is 0.122. The highest BCUT2D eigenvalue weighted by Crippen LogP contribution is 2.24. The Morgan fingerprint density at radius 3 is 2.80 bits per heavy atom. The summed E-state index contributed by atoms with van der Waals surface area (Å²) < 4.78 is 29.5. The minimum Gasteiger partial charge on any atom is -0.493 e. The molecular weight excluding hydrogens is 336 g/mol. The predicted molar refractivity (Wildman–Crippen MR) is 100 cm³/mol. The van der Waals surface area contributed by atoms with E-state index in [0.717, 1.165) is 23.3 Å². The van der Waals surface area contributed by atoms with Crippen LogP contribution in [0.15, 0.2) is 77.6 Å². The molecule has 2 aliphatic rings. The molecule has 0 amide bonds. The molecule has 0 aromatic heterocycles. The molecule has 6 heteroatoms. The van der Waals surface area contributed by atoms with Gasteiger partial charge >= 0.3 is 0 Å². The number of hydrogen-bond acceptors (Lipinski definition) is 5. The Balaban J connectivity index is 1.76. The van der Waals surface area contributed by atoms with Crippen molar-refractivity contribution in [3.05, 3.63) is 78.1 Å². The number of fused-ring (bicyclic) bond motifs is 1. The second-order valence-corrected chi connectivity index (χ2v) is 7.79. The molecular formula is C19H20N2O3S. The first-order valence-electron chi connectivity index (χ1n) is 7.98. The summed E-state index contributed by atoms with van der Waals surface area (Å²) in [5.74, 6) is 0.867. The second-order valence-electron chi connectivity index (χ2n) is 5.82. The standard InChI is InChI=1S/C19H20N2O3S/c1-3-15(2)8-12-24-17-6-4-16(5-7-17)19-18-14-25(22,23)13-11-21(18)10-9-20-19/h3-7,9-10,14H,1-2,8,11-13H2. The minimum atomic E-state index is -3.18. The van der Waals surface area contributed by atoms with Gasteiger partial charge in [-0.25, -0.2) is 8.42 Å². The van der Waals surface area contributed by atoms with Gasteiger partial charge in [0.05, 0.1) is 29.2 Å². The molecule has 0 spiro atoms. The zero-order valence-electron chi connectivity index (χ0n) is 13.9. The summed E-state index contributed by atoms with van der Waals surface area (Å²) in [7, 11) is -3.18. The quantitative estimate of drug-likeness (QED) is 0.735. The third-order valence-electron chi connectivity index (χ3n) is 4.02. The van der Waals surface area contributed by atoms with E-state index < -0.39 is 9.84 Å². The van der Waals surface area contributed by atoms with E-state index in [1.54, 1.807) is 18.5 Å². The topological polar surface area (TPSA) is 59.0 Å². The largest absolute Gasteiger partial charge is 0.493 e. The molecule has 0 N–H and O–H groups in total. The Kier molecular flexibility index (Phi) is 4.90. The summed E-state index contributed by atoms with van der Waals surface area (Å²) in [5, 5.41) is 1.31. The molecule has 0 radical (unpaired) electrons. The summed E-state index contributed by atoms with van der Waals surface area (Å²) in [4.78, 5) is 6.29. The number of benzene rings is 1. The number of sulfone groups is 1. The Hall–Kier alpha value is -2.60.